The highest BCUT2D eigenvalue weighted by molar-refractivity contribution is 6.34. The number of nitrogens with one attached hydrogen (secondary N) is 1. The van der Waals surface area contributed by atoms with Crippen LogP contribution in [0.5, 0.6) is 0 Å². The molecule has 5 heteroatoms. The van der Waals surface area contributed by atoms with E-state index in [0.717, 1.165) is 27.8 Å². The van der Waals surface area contributed by atoms with Crippen LogP contribution in [0.1, 0.15) is 21.6 Å². The summed E-state index contributed by atoms with van der Waals surface area (Å²) in [6, 6.07) is 15.5. The molecule has 2 aromatic carbocycles. The molecule has 0 amide bonds. The second-order valence-corrected chi connectivity index (χ2v) is 5.74. The quantitative estimate of drug-likeness (QED) is 0.366. The van der Waals surface area contributed by atoms with Crippen molar-refractivity contribution in [2.75, 3.05) is 0 Å². The minimum absolute atomic E-state index is 0.286. The van der Waals surface area contributed by atoms with E-state index in [2.05, 4.69) is 4.98 Å². The number of benzene rings is 2. The number of carbonyl (C=O) groups excluding carboxylic acids is 2. The Morgan fingerprint density at radius 3 is 1.88 bits per heavy atom. The fraction of sp³-hybridized carbons (Fsp3) is 0.100. The van der Waals surface area contributed by atoms with E-state index in [1.807, 2.05) is 48.5 Å². The van der Waals surface area contributed by atoms with Crippen molar-refractivity contribution >= 4 is 12.1 Å². The molecule has 3 rings (SSSR count). The maximum Gasteiger partial charge on any atom is 0.242 e. The molecule has 5 nitrogen and oxygen atoms in total. The van der Waals surface area contributed by atoms with E-state index >= 15 is 0 Å². The molecule has 0 bridgehead atoms. The Hall–Kier alpha value is -3.02. The highest BCUT2D eigenvalue weighted by atomic mass is 16.2. The van der Waals surface area contributed by atoms with Crippen LogP contribution in [0.25, 0.3) is 22.3 Å². The molecule has 0 aliphatic carbocycles. The number of aromatic amines is 1. The Kier molecular flexibility index (Phi) is 4.88. The highest BCUT2D eigenvalue weighted by Gasteiger charge is 2.19. The van der Waals surface area contributed by atoms with E-state index in [9.17, 15) is 9.59 Å². The monoisotopic (exact) mass is 333 g/mol. The number of nitrogens with two attached hydrogens (primary N) is 2. The molecule has 0 atom stereocenters. The van der Waals surface area contributed by atoms with Gasteiger partial charge in [0.1, 0.15) is 0 Å². The van der Waals surface area contributed by atoms with Crippen LogP contribution in [-0.4, -0.2) is 17.1 Å². The number of Topliss-reactive ketones (excluding diaryl/α,β-unsaturated/α-hetero) is 1. The molecule has 3 aromatic rings. The number of hydrogen-bond acceptors (Lipinski definition) is 4. The Morgan fingerprint density at radius 2 is 1.40 bits per heavy atom. The summed E-state index contributed by atoms with van der Waals surface area (Å²) in [6.07, 6.45) is 2.07. The van der Waals surface area contributed by atoms with Gasteiger partial charge in [-0.05, 0) is 22.3 Å². The number of H-pyrrole nitrogens is 1. The fourth-order valence-electron chi connectivity index (χ4n) is 2.83. The van der Waals surface area contributed by atoms with E-state index in [4.69, 9.17) is 11.5 Å². The minimum atomic E-state index is -0.581. The van der Waals surface area contributed by atoms with Gasteiger partial charge in [-0.1, -0.05) is 48.5 Å². The molecule has 1 heterocycles. The van der Waals surface area contributed by atoms with Gasteiger partial charge >= 0.3 is 0 Å². The van der Waals surface area contributed by atoms with E-state index < -0.39 is 5.78 Å². The van der Waals surface area contributed by atoms with Gasteiger partial charge in [0.25, 0.3) is 0 Å². The highest BCUT2D eigenvalue weighted by Crippen LogP contribution is 2.35. The molecule has 5 N–H and O–H groups in total. The third-order valence-electron chi connectivity index (χ3n) is 4.21. The number of rotatable bonds is 6. The molecule has 1 aromatic heterocycles. The maximum absolute atomic E-state index is 12.0. The van der Waals surface area contributed by atoms with E-state index in [1.54, 1.807) is 6.20 Å². The first kappa shape index (κ1) is 16.8. The van der Waals surface area contributed by atoms with Crippen LogP contribution >= 0.6 is 0 Å². The number of ketones is 1. The summed E-state index contributed by atoms with van der Waals surface area (Å²) < 4.78 is 0. The van der Waals surface area contributed by atoms with Gasteiger partial charge in [-0.15, -0.1) is 0 Å². The molecular weight excluding hydrogens is 314 g/mol. The van der Waals surface area contributed by atoms with Crippen LogP contribution in [0.2, 0.25) is 0 Å². The van der Waals surface area contributed by atoms with Crippen molar-refractivity contribution < 1.29 is 9.59 Å². The minimum Gasteiger partial charge on any atom is -0.357 e. The second kappa shape index (κ2) is 7.25. The molecule has 126 valence electrons. The summed E-state index contributed by atoms with van der Waals surface area (Å²) in [4.78, 5) is 26.0. The first-order chi connectivity index (χ1) is 12.2. The molecule has 0 saturated carbocycles. The zero-order valence-corrected chi connectivity index (χ0v) is 13.7. The van der Waals surface area contributed by atoms with Crippen LogP contribution in [0.4, 0.5) is 0 Å². The van der Waals surface area contributed by atoms with Crippen molar-refractivity contribution in [1.29, 1.82) is 0 Å². The summed E-state index contributed by atoms with van der Waals surface area (Å²) >= 11 is 0. The lowest BCUT2D eigenvalue weighted by molar-refractivity contribution is -0.104. The average molecular weight is 333 g/mol. The van der Waals surface area contributed by atoms with Gasteiger partial charge in [0.2, 0.25) is 5.78 Å². The predicted molar refractivity (Wildman–Crippen MR) is 97.8 cm³/mol. The molecular formula is C20H19N3O2. The normalized spacial score (nSPS) is 10.6. The van der Waals surface area contributed by atoms with Crippen LogP contribution < -0.4 is 11.5 Å². The maximum atomic E-state index is 12.0. The third-order valence-corrected chi connectivity index (χ3v) is 4.21. The second-order valence-electron chi connectivity index (χ2n) is 5.74. The standard InChI is InChI=1S/C20H19N3O2/c21-9-13-1-5-15(6-2-13)17-11-23-20(18(25)12-24)19(17)16-7-3-14(10-22)4-8-16/h1-8,11-12,23H,9-10,21-22H2. The first-order valence-electron chi connectivity index (χ1n) is 7.97. The number of hydrogen-bond donors (Lipinski definition) is 3. The Morgan fingerprint density at radius 1 is 0.880 bits per heavy atom. The summed E-state index contributed by atoms with van der Waals surface area (Å²) in [5.74, 6) is -0.581. The Labute approximate surface area is 145 Å². The molecule has 25 heavy (non-hydrogen) atoms. The predicted octanol–water partition coefficient (Wildman–Crippen LogP) is 2.65. The van der Waals surface area contributed by atoms with Crippen molar-refractivity contribution in [3.63, 3.8) is 0 Å². The fourth-order valence-corrected chi connectivity index (χ4v) is 2.83. The average Bonchev–Trinajstić information content (AvgIpc) is 3.12. The summed E-state index contributed by atoms with van der Waals surface area (Å²) in [5.41, 5.74) is 17.0. The van der Waals surface area contributed by atoms with Crippen LogP contribution in [0, 0.1) is 0 Å². The van der Waals surface area contributed by atoms with E-state index in [-0.39, 0.29) is 5.69 Å². The topological polar surface area (TPSA) is 102 Å². The summed E-state index contributed by atoms with van der Waals surface area (Å²) in [7, 11) is 0. The zero-order chi connectivity index (χ0) is 17.8. The van der Waals surface area contributed by atoms with Gasteiger partial charge in [-0.25, -0.2) is 0 Å². The Bertz CT molecular complexity index is 894. The van der Waals surface area contributed by atoms with Crippen molar-refractivity contribution in [3.8, 4) is 22.3 Å². The molecule has 0 fully saturated rings. The van der Waals surface area contributed by atoms with Gasteiger partial charge in [0.15, 0.2) is 6.29 Å². The molecule has 0 spiro atoms. The number of aldehydes is 1. The lowest BCUT2D eigenvalue weighted by Crippen LogP contribution is -2.02. The van der Waals surface area contributed by atoms with Crippen molar-refractivity contribution in [2.45, 2.75) is 13.1 Å². The molecule has 0 aliphatic rings. The molecule has 0 saturated heterocycles. The van der Waals surface area contributed by atoms with Crippen LogP contribution in [0.15, 0.2) is 54.7 Å². The molecule has 0 aliphatic heterocycles. The van der Waals surface area contributed by atoms with Gasteiger partial charge in [-0.2, -0.15) is 0 Å². The van der Waals surface area contributed by atoms with Crippen molar-refractivity contribution in [2.24, 2.45) is 11.5 Å². The summed E-state index contributed by atoms with van der Waals surface area (Å²) in [6.45, 7) is 0.913. The van der Waals surface area contributed by atoms with Crippen LogP contribution in [0.3, 0.4) is 0 Å². The SMILES string of the molecule is NCc1ccc(-c2c[nH]c(C(=O)C=O)c2-c2ccc(CN)cc2)cc1. The van der Waals surface area contributed by atoms with E-state index in [1.165, 1.54) is 0 Å². The van der Waals surface area contributed by atoms with Crippen LogP contribution in [-0.2, 0) is 17.9 Å². The first-order valence-corrected chi connectivity index (χ1v) is 7.97. The zero-order valence-electron chi connectivity index (χ0n) is 13.7. The van der Waals surface area contributed by atoms with Gasteiger partial charge in [0, 0.05) is 30.4 Å². The van der Waals surface area contributed by atoms with Crippen molar-refractivity contribution in [3.05, 3.63) is 71.5 Å². The number of carbonyl (C=O) groups is 2. The van der Waals surface area contributed by atoms with Gasteiger partial charge < -0.3 is 16.5 Å². The smallest absolute Gasteiger partial charge is 0.242 e. The van der Waals surface area contributed by atoms with E-state index in [0.29, 0.717) is 24.9 Å². The largest absolute Gasteiger partial charge is 0.357 e. The third kappa shape index (κ3) is 3.28. The number of aromatic nitrogens is 1. The lowest BCUT2D eigenvalue weighted by Gasteiger charge is -2.08. The van der Waals surface area contributed by atoms with Gasteiger partial charge in [-0.3, -0.25) is 9.59 Å². The van der Waals surface area contributed by atoms with Crippen molar-refractivity contribution in [1.82, 2.24) is 4.98 Å². The lowest BCUT2D eigenvalue weighted by atomic mass is 9.94. The Balaban J connectivity index is 2.16. The summed E-state index contributed by atoms with van der Waals surface area (Å²) in [5, 5.41) is 0. The van der Waals surface area contributed by atoms with Gasteiger partial charge in [0.05, 0.1) is 5.69 Å². The molecule has 0 radical (unpaired) electrons. The molecule has 0 unspecified atom stereocenters.